The van der Waals surface area contributed by atoms with Crippen LogP contribution in [0, 0.1) is 0 Å². The summed E-state index contributed by atoms with van der Waals surface area (Å²) in [5.41, 5.74) is 0.797. The first kappa shape index (κ1) is 16.4. The Kier molecular flexibility index (Phi) is 4.46. The maximum absolute atomic E-state index is 12.8. The van der Waals surface area contributed by atoms with Gasteiger partial charge in [-0.2, -0.15) is 0 Å². The van der Waals surface area contributed by atoms with Crippen LogP contribution in [0.5, 0.6) is 5.75 Å². The number of nitrogens with zero attached hydrogens (tertiary/aromatic N) is 1. The fraction of sp³-hybridized carbons (Fsp3) is 0. The molecule has 3 rings (SSSR count). The van der Waals surface area contributed by atoms with Gasteiger partial charge in [0.1, 0.15) is 11.3 Å². The van der Waals surface area contributed by atoms with E-state index in [4.69, 9.17) is 12.2 Å². The normalized spacial score (nSPS) is 16.5. The number of halogens is 1. The van der Waals surface area contributed by atoms with Crippen LogP contribution in [0.2, 0.25) is 0 Å². The number of carbonyl (C=O) groups excluding carboxylic acids is 2. The number of hydrogen-bond donors (Lipinski definition) is 2. The van der Waals surface area contributed by atoms with Gasteiger partial charge in [0.25, 0.3) is 11.8 Å². The topological polar surface area (TPSA) is 69.6 Å². The van der Waals surface area contributed by atoms with Crippen molar-refractivity contribution in [2.24, 2.45) is 0 Å². The van der Waals surface area contributed by atoms with Gasteiger partial charge in [-0.25, -0.2) is 0 Å². The number of rotatable bonds is 2. The smallest absolute Gasteiger partial charge is 0.270 e. The molecule has 0 atom stereocenters. The van der Waals surface area contributed by atoms with E-state index in [1.54, 1.807) is 36.4 Å². The summed E-state index contributed by atoms with van der Waals surface area (Å²) in [6, 6.07) is 13.5. The van der Waals surface area contributed by atoms with Crippen LogP contribution in [-0.4, -0.2) is 22.0 Å². The van der Waals surface area contributed by atoms with E-state index in [2.05, 4.69) is 21.2 Å². The zero-order valence-electron chi connectivity index (χ0n) is 12.2. The lowest BCUT2D eigenvalue weighted by Crippen LogP contribution is -2.54. The predicted molar refractivity (Wildman–Crippen MR) is 98.5 cm³/mol. The van der Waals surface area contributed by atoms with Crippen LogP contribution in [0.15, 0.2) is 58.6 Å². The summed E-state index contributed by atoms with van der Waals surface area (Å²) >= 11 is 8.47. The van der Waals surface area contributed by atoms with Crippen molar-refractivity contribution in [2.45, 2.75) is 0 Å². The molecular formula is C17H11BrN2O3S. The third kappa shape index (κ3) is 3.08. The maximum atomic E-state index is 12.8. The maximum Gasteiger partial charge on any atom is 0.270 e. The first-order valence-electron chi connectivity index (χ1n) is 6.92. The van der Waals surface area contributed by atoms with Gasteiger partial charge in [0.15, 0.2) is 5.11 Å². The molecule has 7 heteroatoms. The molecule has 0 radical (unpaired) electrons. The minimum absolute atomic E-state index is 0.0116. The lowest BCUT2D eigenvalue weighted by molar-refractivity contribution is -0.122. The molecule has 120 valence electrons. The molecule has 2 N–H and O–H groups in total. The lowest BCUT2D eigenvalue weighted by atomic mass is 10.1. The van der Waals surface area contributed by atoms with Crippen LogP contribution in [-0.2, 0) is 9.59 Å². The van der Waals surface area contributed by atoms with E-state index < -0.39 is 11.8 Å². The highest BCUT2D eigenvalue weighted by Gasteiger charge is 2.34. The van der Waals surface area contributed by atoms with Crippen LogP contribution in [0.4, 0.5) is 5.69 Å². The molecule has 1 aliphatic heterocycles. The van der Waals surface area contributed by atoms with Crippen molar-refractivity contribution in [1.82, 2.24) is 5.32 Å². The molecule has 2 aromatic carbocycles. The molecule has 24 heavy (non-hydrogen) atoms. The molecule has 1 heterocycles. The van der Waals surface area contributed by atoms with Gasteiger partial charge in [-0.3, -0.25) is 19.8 Å². The van der Waals surface area contributed by atoms with Gasteiger partial charge in [-0.05, 0) is 42.6 Å². The number of phenols is 1. The first-order chi connectivity index (χ1) is 11.5. The number of amides is 2. The van der Waals surface area contributed by atoms with Crippen LogP contribution < -0.4 is 10.2 Å². The summed E-state index contributed by atoms with van der Waals surface area (Å²) in [6.07, 6.45) is 1.35. The van der Waals surface area contributed by atoms with E-state index in [9.17, 15) is 14.7 Å². The fourth-order valence-electron chi connectivity index (χ4n) is 2.27. The standard InChI is InChI=1S/C17H11BrN2O3S/c18-11-5-3-6-12(9-11)20-16(23)13(15(22)19-17(20)24)8-10-4-1-2-7-14(10)21/h1-9,21H,(H,19,22,24)/b13-8-. The third-order valence-electron chi connectivity index (χ3n) is 3.40. The predicted octanol–water partition coefficient (Wildman–Crippen LogP) is 2.99. The average molecular weight is 403 g/mol. The molecule has 0 spiro atoms. The molecule has 0 unspecified atom stereocenters. The van der Waals surface area contributed by atoms with Crippen LogP contribution in [0.1, 0.15) is 5.56 Å². The highest BCUT2D eigenvalue weighted by molar-refractivity contribution is 9.10. The number of carbonyl (C=O) groups is 2. The summed E-state index contributed by atoms with van der Waals surface area (Å²) < 4.78 is 0.777. The zero-order chi connectivity index (χ0) is 17.3. The van der Waals surface area contributed by atoms with Crippen molar-refractivity contribution < 1.29 is 14.7 Å². The van der Waals surface area contributed by atoms with E-state index in [1.807, 2.05) is 6.07 Å². The van der Waals surface area contributed by atoms with Gasteiger partial charge in [0.05, 0.1) is 5.69 Å². The second-order valence-electron chi connectivity index (χ2n) is 5.00. The number of phenolic OH excluding ortho intramolecular Hbond substituents is 1. The van der Waals surface area contributed by atoms with Crippen molar-refractivity contribution in [1.29, 1.82) is 0 Å². The Morgan fingerprint density at radius 1 is 1.12 bits per heavy atom. The van der Waals surface area contributed by atoms with Crippen LogP contribution in [0.3, 0.4) is 0 Å². The van der Waals surface area contributed by atoms with Crippen LogP contribution >= 0.6 is 28.1 Å². The summed E-state index contributed by atoms with van der Waals surface area (Å²) in [7, 11) is 0. The van der Waals surface area contributed by atoms with E-state index >= 15 is 0 Å². The number of aromatic hydroxyl groups is 1. The van der Waals surface area contributed by atoms with Crippen molar-refractivity contribution >= 4 is 56.8 Å². The molecule has 1 aliphatic rings. The monoisotopic (exact) mass is 402 g/mol. The highest BCUT2D eigenvalue weighted by atomic mass is 79.9. The van der Waals surface area contributed by atoms with Crippen LogP contribution in [0.25, 0.3) is 6.08 Å². The molecular weight excluding hydrogens is 392 g/mol. The number of benzene rings is 2. The molecule has 2 amide bonds. The van der Waals surface area contributed by atoms with Gasteiger partial charge >= 0.3 is 0 Å². The van der Waals surface area contributed by atoms with E-state index in [1.165, 1.54) is 17.0 Å². The summed E-state index contributed by atoms with van der Waals surface area (Å²) in [5, 5.41) is 12.4. The molecule has 1 saturated heterocycles. The lowest BCUT2D eigenvalue weighted by Gasteiger charge is -2.29. The number of para-hydroxylation sites is 1. The molecule has 0 aliphatic carbocycles. The van der Waals surface area contributed by atoms with E-state index in [-0.39, 0.29) is 16.4 Å². The molecule has 5 nitrogen and oxygen atoms in total. The Bertz CT molecular complexity index is 895. The minimum atomic E-state index is -0.598. The van der Waals surface area contributed by atoms with Crippen molar-refractivity contribution in [3.8, 4) is 5.75 Å². The second-order valence-corrected chi connectivity index (χ2v) is 6.30. The molecule has 0 aromatic heterocycles. The highest BCUT2D eigenvalue weighted by Crippen LogP contribution is 2.26. The van der Waals surface area contributed by atoms with Gasteiger partial charge < -0.3 is 5.11 Å². The van der Waals surface area contributed by atoms with Gasteiger partial charge in [-0.1, -0.05) is 40.2 Å². The Balaban J connectivity index is 2.05. The summed E-state index contributed by atoms with van der Waals surface area (Å²) in [5.74, 6) is -1.17. The third-order valence-corrected chi connectivity index (χ3v) is 4.18. The van der Waals surface area contributed by atoms with Gasteiger partial charge in [0.2, 0.25) is 0 Å². The number of hydrogen-bond acceptors (Lipinski definition) is 4. The quantitative estimate of drug-likeness (QED) is 0.460. The van der Waals surface area contributed by atoms with Gasteiger partial charge in [-0.15, -0.1) is 0 Å². The largest absolute Gasteiger partial charge is 0.507 e. The fourth-order valence-corrected chi connectivity index (χ4v) is 2.94. The molecule has 0 bridgehead atoms. The molecule has 2 aromatic rings. The van der Waals surface area contributed by atoms with Crippen molar-refractivity contribution in [2.75, 3.05) is 4.90 Å². The number of thiocarbonyl (C=S) groups is 1. The Morgan fingerprint density at radius 3 is 2.58 bits per heavy atom. The average Bonchev–Trinajstić information content (AvgIpc) is 2.53. The summed E-state index contributed by atoms with van der Waals surface area (Å²) in [4.78, 5) is 26.2. The molecule has 1 fully saturated rings. The van der Waals surface area contributed by atoms with E-state index in [0.717, 1.165) is 4.47 Å². The van der Waals surface area contributed by atoms with Crippen molar-refractivity contribution in [3.05, 3.63) is 64.1 Å². The zero-order valence-corrected chi connectivity index (χ0v) is 14.6. The summed E-state index contributed by atoms with van der Waals surface area (Å²) in [6.45, 7) is 0. The SMILES string of the molecule is O=C1NC(=S)N(c2cccc(Br)c2)C(=O)/C1=C\c1ccccc1O. The number of nitrogens with one attached hydrogen (secondary N) is 1. The Labute approximate surface area is 151 Å². The molecule has 0 saturated carbocycles. The number of anilines is 1. The van der Waals surface area contributed by atoms with E-state index in [0.29, 0.717) is 11.3 Å². The second kappa shape index (κ2) is 6.54. The Hall–Kier alpha value is -2.51. The van der Waals surface area contributed by atoms with Gasteiger partial charge in [0, 0.05) is 10.0 Å². The Morgan fingerprint density at radius 2 is 1.88 bits per heavy atom. The first-order valence-corrected chi connectivity index (χ1v) is 8.12. The minimum Gasteiger partial charge on any atom is -0.507 e. The van der Waals surface area contributed by atoms with Crippen molar-refractivity contribution in [3.63, 3.8) is 0 Å².